The smallest absolute Gasteiger partial charge is 0.427 e. The zero-order chi connectivity index (χ0) is 11.3. The number of phenolic OH excluding ortho intramolecular Hbond substituents is 1. The van der Waals surface area contributed by atoms with Gasteiger partial charge in [0.1, 0.15) is 5.75 Å². The summed E-state index contributed by atoms with van der Waals surface area (Å²) in [5.74, 6) is 0.146. The number of nitrogens with zero attached hydrogens (tertiary/aromatic N) is 1. The zero-order valence-electron chi connectivity index (χ0n) is 8.52. The van der Waals surface area contributed by atoms with Gasteiger partial charge in [-0.05, 0) is 18.6 Å². The molecule has 1 aromatic rings. The number of hydrazone groups is 1. The van der Waals surface area contributed by atoms with E-state index in [9.17, 15) is 9.90 Å². The summed E-state index contributed by atoms with van der Waals surface area (Å²) < 4.78 is 4.32. The molecule has 2 N–H and O–H groups in total. The Bertz CT molecular complexity index is 388. The van der Waals surface area contributed by atoms with Gasteiger partial charge in [0.2, 0.25) is 0 Å². The van der Waals surface area contributed by atoms with Gasteiger partial charge in [0.15, 0.2) is 0 Å². The average Bonchev–Trinajstić information content (AvgIpc) is 2.24. The van der Waals surface area contributed by atoms with Crippen molar-refractivity contribution in [1.29, 1.82) is 0 Å². The minimum atomic E-state index is -0.654. The lowest BCUT2D eigenvalue weighted by molar-refractivity contribution is 0.171. The first kappa shape index (κ1) is 11.0. The second-order valence-electron chi connectivity index (χ2n) is 2.87. The molecule has 15 heavy (non-hydrogen) atoms. The number of carbonyl (C=O) groups excluding carboxylic acids is 1. The van der Waals surface area contributed by atoms with E-state index < -0.39 is 6.09 Å². The van der Waals surface area contributed by atoms with Crippen LogP contribution < -0.4 is 5.43 Å². The van der Waals surface area contributed by atoms with E-state index in [0.29, 0.717) is 5.56 Å². The third kappa shape index (κ3) is 2.98. The molecule has 5 heteroatoms. The van der Waals surface area contributed by atoms with Gasteiger partial charge in [0.25, 0.3) is 0 Å². The Kier molecular flexibility index (Phi) is 3.68. The Morgan fingerprint density at radius 2 is 2.33 bits per heavy atom. The van der Waals surface area contributed by atoms with Crippen molar-refractivity contribution in [2.75, 3.05) is 7.11 Å². The van der Waals surface area contributed by atoms with E-state index >= 15 is 0 Å². The summed E-state index contributed by atoms with van der Waals surface area (Å²) in [6.07, 6.45) is 0.692. The molecule has 0 atom stereocenters. The Hall–Kier alpha value is -2.04. The van der Waals surface area contributed by atoms with Crippen molar-refractivity contribution in [1.82, 2.24) is 5.43 Å². The lowest BCUT2D eigenvalue weighted by Gasteiger charge is -2.01. The SMILES string of the molecule is COC(=O)N/N=C\c1cccc(C)c1O. The molecule has 0 radical (unpaired) electrons. The number of ether oxygens (including phenoxy) is 1. The molecule has 0 fully saturated rings. The van der Waals surface area contributed by atoms with Crippen molar-refractivity contribution in [2.45, 2.75) is 6.92 Å². The number of para-hydroxylation sites is 1. The molecule has 1 rings (SSSR count). The van der Waals surface area contributed by atoms with Gasteiger partial charge in [-0.25, -0.2) is 10.2 Å². The van der Waals surface area contributed by atoms with E-state index in [1.165, 1.54) is 13.3 Å². The predicted molar refractivity (Wildman–Crippen MR) is 56.0 cm³/mol. The third-order valence-electron chi connectivity index (χ3n) is 1.81. The Labute approximate surface area is 87.4 Å². The fourth-order valence-electron chi connectivity index (χ4n) is 0.986. The van der Waals surface area contributed by atoms with E-state index in [2.05, 4.69) is 15.3 Å². The molecule has 1 amide bonds. The molecule has 1 aromatic carbocycles. The second-order valence-corrected chi connectivity index (χ2v) is 2.87. The van der Waals surface area contributed by atoms with Crippen molar-refractivity contribution < 1.29 is 14.6 Å². The van der Waals surface area contributed by atoms with Gasteiger partial charge in [-0.15, -0.1) is 0 Å². The van der Waals surface area contributed by atoms with Crippen LogP contribution in [0.4, 0.5) is 4.79 Å². The van der Waals surface area contributed by atoms with Crippen LogP contribution in [0, 0.1) is 6.92 Å². The molecule has 5 nitrogen and oxygen atoms in total. The van der Waals surface area contributed by atoms with Crippen LogP contribution in [0.5, 0.6) is 5.75 Å². The summed E-state index contributed by atoms with van der Waals surface area (Å²) in [5, 5.41) is 13.2. The molecule has 0 aliphatic heterocycles. The monoisotopic (exact) mass is 208 g/mol. The summed E-state index contributed by atoms with van der Waals surface area (Å²) in [5.41, 5.74) is 3.41. The van der Waals surface area contributed by atoms with E-state index in [0.717, 1.165) is 5.56 Å². The molecular weight excluding hydrogens is 196 g/mol. The van der Waals surface area contributed by atoms with Gasteiger partial charge >= 0.3 is 6.09 Å². The first-order valence-electron chi connectivity index (χ1n) is 4.30. The standard InChI is InChI=1S/C10H12N2O3/c1-7-4-3-5-8(9(7)13)6-11-12-10(14)15-2/h3-6,13H,1-2H3,(H,12,14)/b11-6-. The van der Waals surface area contributed by atoms with E-state index in [1.54, 1.807) is 25.1 Å². The molecule has 0 bridgehead atoms. The van der Waals surface area contributed by atoms with Gasteiger partial charge in [-0.3, -0.25) is 0 Å². The fourth-order valence-corrected chi connectivity index (χ4v) is 0.986. The molecule has 0 aliphatic rings. The molecule has 80 valence electrons. The highest BCUT2D eigenvalue weighted by molar-refractivity contribution is 5.84. The molecule has 0 aromatic heterocycles. The van der Waals surface area contributed by atoms with Crippen LogP contribution in [0.2, 0.25) is 0 Å². The number of amides is 1. The number of rotatable bonds is 2. The number of phenols is 1. The van der Waals surface area contributed by atoms with Gasteiger partial charge in [-0.2, -0.15) is 5.10 Å². The quantitative estimate of drug-likeness (QED) is 0.570. The van der Waals surface area contributed by atoms with E-state index in [4.69, 9.17) is 0 Å². The highest BCUT2D eigenvalue weighted by atomic mass is 16.5. The first-order valence-corrected chi connectivity index (χ1v) is 4.30. The van der Waals surface area contributed by atoms with E-state index in [1.807, 2.05) is 0 Å². The van der Waals surface area contributed by atoms with E-state index in [-0.39, 0.29) is 5.75 Å². The van der Waals surface area contributed by atoms with Crippen LogP contribution >= 0.6 is 0 Å². The minimum Gasteiger partial charge on any atom is -0.507 e. The molecule has 0 unspecified atom stereocenters. The van der Waals surface area contributed by atoms with Crippen molar-refractivity contribution >= 4 is 12.3 Å². The molecule has 0 spiro atoms. The number of hydrogen-bond donors (Lipinski definition) is 2. The van der Waals surface area contributed by atoms with Gasteiger partial charge < -0.3 is 9.84 Å². The largest absolute Gasteiger partial charge is 0.507 e. The topological polar surface area (TPSA) is 70.9 Å². The molecular formula is C10H12N2O3. The number of hydrogen-bond acceptors (Lipinski definition) is 4. The van der Waals surface area contributed by atoms with Crippen LogP contribution in [0.25, 0.3) is 0 Å². The summed E-state index contributed by atoms with van der Waals surface area (Å²) in [6.45, 7) is 1.78. The normalized spacial score (nSPS) is 10.3. The summed E-state index contributed by atoms with van der Waals surface area (Å²) >= 11 is 0. The number of carbonyl (C=O) groups is 1. The van der Waals surface area contributed by atoms with Crippen molar-refractivity contribution in [3.63, 3.8) is 0 Å². The molecule has 0 aliphatic carbocycles. The lowest BCUT2D eigenvalue weighted by Crippen LogP contribution is -2.16. The third-order valence-corrected chi connectivity index (χ3v) is 1.81. The lowest BCUT2D eigenvalue weighted by atomic mass is 10.1. The predicted octanol–water partition coefficient (Wildman–Crippen LogP) is 1.39. The molecule has 0 saturated heterocycles. The van der Waals surface area contributed by atoms with Crippen LogP contribution in [0.15, 0.2) is 23.3 Å². The van der Waals surface area contributed by atoms with Gasteiger partial charge in [0.05, 0.1) is 13.3 Å². The maximum Gasteiger partial charge on any atom is 0.427 e. The van der Waals surface area contributed by atoms with Crippen LogP contribution in [-0.2, 0) is 4.74 Å². The highest BCUT2D eigenvalue weighted by Gasteiger charge is 2.00. The Balaban J connectivity index is 2.72. The van der Waals surface area contributed by atoms with Crippen molar-refractivity contribution in [3.8, 4) is 5.75 Å². The number of aryl methyl sites for hydroxylation is 1. The van der Waals surface area contributed by atoms with Gasteiger partial charge in [-0.1, -0.05) is 12.1 Å². The van der Waals surface area contributed by atoms with Crippen LogP contribution in [-0.4, -0.2) is 24.5 Å². The first-order chi connectivity index (χ1) is 7.15. The number of aromatic hydroxyl groups is 1. The number of nitrogens with one attached hydrogen (secondary N) is 1. The van der Waals surface area contributed by atoms with Crippen molar-refractivity contribution in [2.24, 2.45) is 5.10 Å². The Morgan fingerprint density at radius 3 is 3.00 bits per heavy atom. The zero-order valence-corrected chi connectivity index (χ0v) is 8.52. The van der Waals surface area contributed by atoms with Crippen molar-refractivity contribution in [3.05, 3.63) is 29.3 Å². The fraction of sp³-hybridized carbons (Fsp3) is 0.200. The van der Waals surface area contributed by atoms with Gasteiger partial charge in [0, 0.05) is 5.56 Å². The van der Waals surface area contributed by atoms with Crippen LogP contribution in [0.3, 0.4) is 0 Å². The minimum absolute atomic E-state index is 0.146. The highest BCUT2D eigenvalue weighted by Crippen LogP contribution is 2.19. The molecule has 0 heterocycles. The van der Waals surface area contributed by atoms with Crippen LogP contribution in [0.1, 0.15) is 11.1 Å². The summed E-state index contributed by atoms with van der Waals surface area (Å²) in [4.78, 5) is 10.6. The summed E-state index contributed by atoms with van der Waals surface area (Å²) in [6, 6.07) is 5.25. The average molecular weight is 208 g/mol. The number of benzene rings is 1. The maximum absolute atomic E-state index is 10.6. The summed E-state index contributed by atoms with van der Waals surface area (Å²) in [7, 11) is 1.25. The maximum atomic E-state index is 10.6. The second kappa shape index (κ2) is 4.99. The number of methoxy groups -OCH3 is 1. The molecule has 0 saturated carbocycles. The Morgan fingerprint density at radius 1 is 1.60 bits per heavy atom.